The van der Waals surface area contributed by atoms with Gasteiger partial charge in [-0.1, -0.05) is 32.0 Å². The molecule has 0 saturated heterocycles. The number of para-hydroxylation sites is 1. The summed E-state index contributed by atoms with van der Waals surface area (Å²) in [5.74, 6) is 0. The van der Waals surface area contributed by atoms with Gasteiger partial charge in [-0.3, -0.25) is 9.80 Å². The molecular weight excluding hydrogens is 356 g/mol. The molecule has 0 bridgehead atoms. The zero-order chi connectivity index (χ0) is 21.3. The first-order valence-electron chi connectivity index (χ1n) is 10.0. The molecule has 28 heavy (non-hydrogen) atoms. The van der Waals surface area contributed by atoms with Gasteiger partial charge in [-0.25, -0.2) is 9.59 Å². The van der Waals surface area contributed by atoms with Gasteiger partial charge in [0.15, 0.2) is 0 Å². The van der Waals surface area contributed by atoms with Crippen LogP contribution in [0.3, 0.4) is 0 Å². The third kappa shape index (κ3) is 3.96. The van der Waals surface area contributed by atoms with Crippen LogP contribution in [0.4, 0.5) is 15.3 Å². The van der Waals surface area contributed by atoms with Gasteiger partial charge in [-0.05, 0) is 59.9 Å². The van der Waals surface area contributed by atoms with Gasteiger partial charge in [-0.15, -0.1) is 0 Å². The van der Waals surface area contributed by atoms with E-state index >= 15 is 0 Å². The molecule has 1 aliphatic rings. The second-order valence-corrected chi connectivity index (χ2v) is 9.09. The standard InChI is InChI=1S/C22H34N2O4/c1-8-22(9-2)16-12-10-11-13-17(16)23(19(27)28-22)15-14-21(6,7)24(18(25)26)20(3,4)5/h10-13H,8-9,14-15H2,1-7H3,(H,25,26). The molecule has 0 aromatic heterocycles. The van der Waals surface area contributed by atoms with Gasteiger partial charge >= 0.3 is 12.2 Å². The van der Waals surface area contributed by atoms with E-state index in [2.05, 4.69) is 0 Å². The van der Waals surface area contributed by atoms with Crippen LogP contribution >= 0.6 is 0 Å². The lowest BCUT2D eigenvalue weighted by Gasteiger charge is -2.47. The molecule has 0 saturated carbocycles. The highest BCUT2D eigenvalue weighted by Gasteiger charge is 2.44. The van der Waals surface area contributed by atoms with E-state index in [1.165, 1.54) is 4.90 Å². The van der Waals surface area contributed by atoms with Crippen LogP contribution in [0, 0.1) is 0 Å². The Balaban J connectivity index is 2.34. The summed E-state index contributed by atoms with van der Waals surface area (Å²) in [6, 6.07) is 7.85. The van der Waals surface area contributed by atoms with Crippen molar-refractivity contribution >= 4 is 17.9 Å². The molecule has 0 atom stereocenters. The van der Waals surface area contributed by atoms with Crippen LogP contribution in [0.1, 0.15) is 73.3 Å². The molecule has 1 heterocycles. The van der Waals surface area contributed by atoms with E-state index in [1.807, 2.05) is 72.7 Å². The maximum Gasteiger partial charge on any atom is 0.415 e. The number of carbonyl (C=O) groups is 2. The molecule has 0 spiro atoms. The molecule has 1 aromatic carbocycles. The molecule has 156 valence electrons. The van der Waals surface area contributed by atoms with Gasteiger partial charge in [-0.2, -0.15) is 0 Å². The first kappa shape index (κ1) is 22.1. The Labute approximate surface area is 168 Å². The number of ether oxygens (including phenoxy) is 1. The smallest absolute Gasteiger partial charge is 0.415 e. The lowest BCUT2D eigenvalue weighted by molar-refractivity contribution is -0.00230. The largest absolute Gasteiger partial charge is 0.465 e. The molecule has 6 heteroatoms. The van der Waals surface area contributed by atoms with Crippen molar-refractivity contribution in [2.45, 2.75) is 84.4 Å². The molecule has 6 nitrogen and oxygen atoms in total. The molecule has 0 unspecified atom stereocenters. The predicted octanol–water partition coefficient (Wildman–Crippen LogP) is 5.61. The number of carboxylic acid groups (broad SMARTS) is 1. The summed E-state index contributed by atoms with van der Waals surface area (Å²) < 4.78 is 5.91. The molecule has 1 N–H and O–H groups in total. The van der Waals surface area contributed by atoms with Gasteiger partial charge in [0.25, 0.3) is 0 Å². The van der Waals surface area contributed by atoms with E-state index in [9.17, 15) is 14.7 Å². The normalized spacial score (nSPS) is 16.4. The maximum absolute atomic E-state index is 12.9. The van der Waals surface area contributed by atoms with Crippen molar-refractivity contribution in [3.8, 4) is 0 Å². The van der Waals surface area contributed by atoms with Crippen LogP contribution in [0.2, 0.25) is 0 Å². The van der Waals surface area contributed by atoms with E-state index in [1.54, 1.807) is 4.90 Å². The van der Waals surface area contributed by atoms with Crippen molar-refractivity contribution in [3.05, 3.63) is 29.8 Å². The van der Waals surface area contributed by atoms with Crippen LogP contribution in [0.5, 0.6) is 0 Å². The molecule has 0 radical (unpaired) electrons. The average molecular weight is 391 g/mol. The van der Waals surface area contributed by atoms with E-state index in [-0.39, 0.29) is 6.09 Å². The Morgan fingerprint density at radius 2 is 1.71 bits per heavy atom. The molecule has 0 aliphatic carbocycles. The number of hydrogen-bond donors (Lipinski definition) is 1. The first-order chi connectivity index (χ1) is 12.9. The number of anilines is 1. The Bertz CT molecular complexity index is 732. The highest BCUT2D eigenvalue weighted by molar-refractivity contribution is 5.91. The Morgan fingerprint density at radius 1 is 1.14 bits per heavy atom. The highest BCUT2D eigenvalue weighted by Crippen LogP contribution is 2.43. The quantitative estimate of drug-likeness (QED) is 0.686. The molecule has 2 amide bonds. The Hall–Kier alpha value is -2.24. The second-order valence-electron chi connectivity index (χ2n) is 9.09. The van der Waals surface area contributed by atoms with Crippen LogP contribution in [-0.2, 0) is 10.3 Å². The first-order valence-corrected chi connectivity index (χ1v) is 10.0. The minimum atomic E-state index is -0.963. The lowest BCUT2D eigenvalue weighted by Crippen LogP contribution is -2.58. The Morgan fingerprint density at radius 3 is 2.21 bits per heavy atom. The lowest BCUT2D eigenvalue weighted by atomic mass is 9.85. The zero-order valence-corrected chi connectivity index (χ0v) is 18.2. The summed E-state index contributed by atoms with van der Waals surface area (Å²) >= 11 is 0. The minimum Gasteiger partial charge on any atom is -0.465 e. The average Bonchev–Trinajstić information content (AvgIpc) is 2.58. The van der Waals surface area contributed by atoms with Crippen LogP contribution in [-0.4, -0.2) is 39.8 Å². The number of fused-ring (bicyclic) bond motifs is 1. The second kappa shape index (κ2) is 7.64. The van der Waals surface area contributed by atoms with Crippen molar-refractivity contribution in [2.24, 2.45) is 0 Å². The minimum absolute atomic E-state index is 0.365. The molecule has 1 aliphatic heterocycles. The molecular formula is C22H34N2O4. The van der Waals surface area contributed by atoms with Gasteiger partial charge in [0.05, 0.1) is 5.69 Å². The number of rotatable bonds is 6. The third-order valence-corrected chi connectivity index (χ3v) is 5.75. The number of hydrogen-bond acceptors (Lipinski definition) is 3. The summed E-state index contributed by atoms with van der Waals surface area (Å²) in [5.41, 5.74) is 0.0794. The molecule has 2 rings (SSSR count). The van der Waals surface area contributed by atoms with E-state index < -0.39 is 22.8 Å². The van der Waals surface area contributed by atoms with Crippen LogP contribution < -0.4 is 4.90 Å². The summed E-state index contributed by atoms with van der Waals surface area (Å²) in [6.07, 6.45) is 0.585. The van der Waals surface area contributed by atoms with E-state index in [0.29, 0.717) is 25.8 Å². The summed E-state index contributed by atoms with van der Waals surface area (Å²) in [7, 11) is 0. The fourth-order valence-corrected chi connectivity index (χ4v) is 4.41. The van der Waals surface area contributed by atoms with Crippen LogP contribution in [0.15, 0.2) is 24.3 Å². The van der Waals surface area contributed by atoms with E-state index in [4.69, 9.17) is 4.74 Å². The maximum atomic E-state index is 12.9. The van der Waals surface area contributed by atoms with Crippen molar-refractivity contribution in [2.75, 3.05) is 11.4 Å². The zero-order valence-electron chi connectivity index (χ0n) is 18.2. The number of cyclic esters (lactones) is 1. The van der Waals surface area contributed by atoms with Gasteiger partial charge in [0, 0.05) is 23.2 Å². The summed E-state index contributed by atoms with van der Waals surface area (Å²) in [4.78, 5) is 27.9. The Kier molecular flexibility index (Phi) is 6.02. The SMILES string of the molecule is CCC1(CC)OC(=O)N(CCC(C)(C)N(C(=O)O)C(C)(C)C)c2ccccc21. The number of benzene rings is 1. The van der Waals surface area contributed by atoms with Gasteiger partial charge in [0.1, 0.15) is 5.60 Å². The fourth-order valence-electron chi connectivity index (χ4n) is 4.41. The van der Waals surface area contributed by atoms with Gasteiger partial charge in [0.2, 0.25) is 0 Å². The number of amides is 2. The van der Waals surface area contributed by atoms with Crippen molar-refractivity contribution < 1.29 is 19.4 Å². The highest BCUT2D eigenvalue weighted by atomic mass is 16.6. The number of carbonyl (C=O) groups excluding carboxylic acids is 1. The molecule has 0 fully saturated rings. The monoisotopic (exact) mass is 390 g/mol. The predicted molar refractivity (Wildman–Crippen MR) is 111 cm³/mol. The third-order valence-electron chi connectivity index (χ3n) is 5.75. The van der Waals surface area contributed by atoms with Crippen molar-refractivity contribution in [1.82, 2.24) is 4.90 Å². The topological polar surface area (TPSA) is 70.1 Å². The van der Waals surface area contributed by atoms with E-state index in [0.717, 1.165) is 11.3 Å². The van der Waals surface area contributed by atoms with Gasteiger partial charge < -0.3 is 9.84 Å². The van der Waals surface area contributed by atoms with Crippen molar-refractivity contribution in [3.63, 3.8) is 0 Å². The van der Waals surface area contributed by atoms with Crippen LogP contribution in [0.25, 0.3) is 0 Å². The van der Waals surface area contributed by atoms with Crippen molar-refractivity contribution in [1.29, 1.82) is 0 Å². The molecule has 1 aromatic rings. The summed E-state index contributed by atoms with van der Waals surface area (Å²) in [5, 5.41) is 9.74. The number of nitrogens with zero attached hydrogens (tertiary/aromatic N) is 2. The fraction of sp³-hybridized carbons (Fsp3) is 0.636. The summed E-state index contributed by atoms with van der Waals surface area (Å²) in [6.45, 7) is 13.9.